The standard InChI is InChI=1S/C19H22FN3O4S/c1-2-28(26,27)17-6-4-16(5-7-17)22-11-9-15(10-12-22)21-18-13-14(20)3-8-19(18)23(24)25/h3-8,13,15,21H,2,9-12H2,1H3. The van der Waals surface area contributed by atoms with Crippen LogP contribution in [0.5, 0.6) is 0 Å². The van der Waals surface area contributed by atoms with Crippen LogP contribution in [-0.4, -0.2) is 38.2 Å². The molecule has 1 N–H and O–H groups in total. The quantitative estimate of drug-likeness (QED) is 0.581. The average Bonchev–Trinajstić information content (AvgIpc) is 2.68. The summed E-state index contributed by atoms with van der Waals surface area (Å²) >= 11 is 0. The van der Waals surface area contributed by atoms with Gasteiger partial charge in [-0.15, -0.1) is 0 Å². The van der Waals surface area contributed by atoms with Crippen molar-refractivity contribution in [3.8, 4) is 0 Å². The first kappa shape index (κ1) is 20.1. The maximum Gasteiger partial charge on any atom is 0.292 e. The molecule has 0 aromatic heterocycles. The summed E-state index contributed by atoms with van der Waals surface area (Å²) in [6.45, 7) is 3.03. The van der Waals surface area contributed by atoms with E-state index in [4.69, 9.17) is 0 Å². The first-order chi connectivity index (χ1) is 13.3. The molecule has 1 aliphatic heterocycles. The molecule has 0 saturated carbocycles. The Morgan fingerprint density at radius 3 is 2.39 bits per heavy atom. The summed E-state index contributed by atoms with van der Waals surface area (Å²) in [5, 5.41) is 14.2. The molecule has 150 valence electrons. The number of nitrogens with one attached hydrogen (secondary N) is 1. The predicted octanol–water partition coefficient (Wildman–Crippen LogP) is 3.61. The number of nitro benzene ring substituents is 1. The van der Waals surface area contributed by atoms with Crippen molar-refractivity contribution in [1.82, 2.24) is 0 Å². The molecular formula is C19H22FN3O4S. The molecule has 0 aliphatic carbocycles. The van der Waals surface area contributed by atoms with E-state index in [2.05, 4.69) is 10.2 Å². The predicted molar refractivity (Wildman–Crippen MR) is 106 cm³/mol. The van der Waals surface area contributed by atoms with Crippen molar-refractivity contribution in [2.45, 2.75) is 30.7 Å². The van der Waals surface area contributed by atoms with Gasteiger partial charge < -0.3 is 10.2 Å². The lowest BCUT2D eigenvalue weighted by atomic mass is 10.0. The lowest BCUT2D eigenvalue weighted by Crippen LogP contribution is -2.39. The molecule has 28 heavy (non-hydrogen) atoms. The molecule has 0 bridgehead atoms. The Hall–Kier alpha value is -2.68. The molecule has 0 atom stereocenters. The normalized spacial score (nSPS) is 15.4. The van der Waals surface area contributed by atoms with Gasteiger partial charge >= 0.3 is 0 Å². The van der Waals surface area contributed by atoms with E-state index in [0.717, 1.165) is 30.7 Å². The van der Waals surface area contributed by atoms with Crippen LogP contribution in [0.15, 0.2) is 47.4 Å². The van der Waals surface area contributed by atoms with Crippen molar-refractivity contribution in [1.29, 1.82) is 0 Å². The van der Waals surface area contributed by atoms with E-state index >= 15 is 0 Å². The summed E-state index contributed by atoms with van der Waals surface area (Å²) in [5.41, 5.74) is 0.986. The van der Waals surface area contributed by atoms with E-state index in [1.54, 1.807) is 31.2 Å². The minimum absolute atomic E-state index is 0.00325. The molecular weight excluding hydrogens is 385 g/mol. The third-order valence-corrected chi connectivity index (χ3v) is 6.70. The van der Waals surface area contributed by atoms with Gasteiger partial charge in [-0.2, -0.15) is 0 Å². The van der Waals surface area contributed by atoms with E-state index < -0.39 is 20.6 Å². The van der Waals surface area contributed by atoms with Crippen LogP contribution in [0.25, 0.3) is 0 Å². The number of anilines is 2. The van der Waals surface area contributed by atoms with Crippen molar-refractivity contribution < 1.29 is 17.7 Å². The van der Waals surface area contributed by atoms with Crippen LogP contribution in [-0.2, 0) is 9.84 Å². The topological polar surface area (TPSA) is 92.6 Å². The zero-order chi connectivity index (χ0) is 20.3. The van der Waals surface area contributed by atoms with Crippen molar-refractivity contribution in [2.75, 3.05) is 29.1 Å². The molecule has 7 nitrogen and oxygen atoms in total. The second kappa shape index (κ2) is 8.14. The Morgan fingerprint density at radius 1 is 1.18 bits per heavy atom. The van der Waals surface area contributed by atoms with E-state index in [1.165, 1.54) is 6.07 Å². The van der Waals surface area contributed by atoms with Gasteiger partial charge in [-0.25, -0.2) is 12.8 Å². The summed E-state index contributed by atoms with van der Waals surface area (Å²) in [4.78, 5) is 13.1. The number of nitro groups is 1. The first-order valence-corrected chi connectivity index (χ1v) is 10.7. The third-order valence-electron chi connectivity index (χ3n) is 4.95. The highest BCUT2D eigenvalue weighted by Gasteiger charge is 2.23. The highest BCUT2D eigenvalue weighted by molar-refractivity contribution is 7.91. The number of benzene rings is 2. The summed E-state index contributed by atoms with van der Waals surface area (Å²) in [6, 6.07) is 10.2. The molecule has 1 heterocycles. The Bertz CT molecular complexity index is 956. The van der Waals surface area contributed by atoms with Crippen LogP contribution >= 0.6 is 0 Å². The van der Waals surface area contributed by atoms with Crippen LogP contribution in [0.2, 0.25) is 0 Å². The molecule has 2 aromatic carbocycles. The molecule has 0 amide bonds. The molecule has 3 rings (SSSR count). The van der Waals surface area contributed by atoms with Gasteiger partial charge in [-0.05, 0) is 43.2 Å². The van der Waals surface area contributed by atoms with Gasteiger partial charge in [-0.1, -0.05) is 6.92 Å². The molecule has 0 unspecified atom stereocenters. The zero-order valence-corrected chi connectivity index (χ0v) is 16.3. The fourth-order valence-electron chi connectivity index (χ4n) is 3.32. The van der Waals surface area contributed by atoms with Crippen molar-refractivity contribution in [3.05, 3.63) is 58.4 Å². The van der Waals surface area contributed by atoms with Crippen LogP contribution in [0.3, 0.4) is 0 Å². The summed E-state index contributed by atoms with van der Waals surface area (Å²) in [5.74, 6) is -0.456. The monoisotopic (exact) mass is 407 g/mol. The smallest absolute Gasteiger partial charge is 0.292 e. The van der Waals surface area contributed by atoms with Crippen molar-refractivity contribution >= 4 is 26.9 Å². The molecule has 1 aliphatic rings. The van der Waals surface area contributed by atoms with Gasteiger partial charge in [0.25, 0.3) is 5.69 Å². The number of hydrogen-bond donors (Lipinski definition) is 1. The lowest BCUT2D eigenvalue weighted by molar-refractivity contribution is -0.384. The van der Waals surface area contributed by atoms with Crippen LogP contribution in [0.4, 0.5) is 21.5 Å². The lowest BCUT2D eigenvalue weighted by Gasteiger charge is -2.34. The van der Waals surface area contributed by atoms with Crippen LogP contribution in [0, 0.1) is 15.9 Å². The Labute approximate surface area is 163 Å². The number of nitrogens with zero attached hydrogens (tertiary/aromatic N) is 2. The molecule has 1 saturated heterocycles. The Kier molecular flexibility index (Phi) is 5.83. The second-order valence-corrected chi connectivity index (χ2v) is 9.00. The van der Waals surface area contributed by atoms with Gasteiger partial charge in [0.2, 0.25) is 0 Å². The van der Waals surface area contributed by atoms with Crippen LogP contribution < -0.4 is 10.2 Å². The Balaban J connectivity index is 1.64. The largest absolute Gasteiger partial charge is 0.377 e. The van der Waals surface area contributed by atoms with Gasteiger partial charge in [0, 0.05) is 37.0 Å². The zero-order valence-electron chi connectivity index (χ0n) is 15.5. The van der Waals surface area contributed by atoms with Gasteiger partial charge in [0.05, 0.1) is 15.6 Å². The maximum atomic E-state index is 13.5. The van der Waals surface area contributed by atoms with E-state index in [-0.39, 0.29) is 23.2 Å². The van der Waals surface area contributed by atoms with Gasteiger partial charge in [0.15, 0.2) is 9.84 Å². The number of sulfone groups is 1. The Morgan fingerprint density at radius 2 is 1.82 bits per heavy atom. The number of piperidine rings is 1. The van der Waals surface area contributed by atoms with E-state index in [9.17, 15) is 22.9 Å². The van der Waals surface area contributed by atoms with E-state index in [0.29, 0.717) is 18.0 Å². The number of rotatable bonds is 6. The van der Waals surface area contributed by atoms with Crippen molar-refractivity contribution in [3.63, 3.8) is 0 Å². The highest BCUT2D eigenvalue weighted by Crippen LogP contribution is 2.29. The van der Waals surface area contributed by atoms with Gasteiger partial charge in [-0.3, -0.25) is 10.1 Å². The van der Waals surface area contributed by atoms with E-state index in [1.807, 2.05) is 0 Å². The minimum atomic E-state index is -3.22. The summed E-state index contributed by atoms with van der Waals surface area (Å²) in [6.07, 6.45) is 1.45. The fourth-order valence-corrected chi connectivity index (χ4v) is 4.20. The molecule has 2 aromatic rings. The van der Waals surface area contributed by atoms with Crippen molar-refractivity contribution in [2.24, 2.45) is 0 Å². The molecule has 0 radical (unpaired) electrons. The number of hydrogen-bond acceptors (Lipinski definition) is 6. The molecule has 1 fully saturated rings. The SMILES string of the molecule is CCS(=O)(=O)c1ccc(N2CCC(Nc3cc(F)ccc3[N+](=O)[O-])CC2)cc1. The minimum Gasteiger partial charge on any atom is -0.377 e. The highest BCUT2D eigenvalue weighted by atomic mass is 32.2. The average molecular weight is 407 g/mol. The molecule has 0 spiro atoms. The first-order valence-electron chi connectivity index (χ1n) is 9.08. The molecule has 9 heteroatoms. The summed E-state index contributed by atoms with van der Waals surface area (Å²) < 4.78 is 37.3. The summed E-state index contributed by atoms with van der Waals surface area (Å²) in [7, 11) is -3.22. The second-order valence-electron chi connectivity index (χ2n) is 6.72. The fraction of sp³-hybridized carbons (Fsp3) is 0.368. The number of halogens is 1. The van der Waals surface area contributed by atoms with Gasteiger partial charge in [0.1, 0.15) is 11.5 Å². The third kappa shape index (κ3) is 4.41. The van der Waals surface area contributed by atoms with Crippen LogP contribution in [0.1, 0.15) is 19.8 Å². The maximum absolute atomic E-state index is 13.5.